The van der Waals surface area contributed by atoms with Gasteiger partial charge in [0, 0.05) is 19.7 Å². The molecule has 1 rings (SSSR count). The Morgan fingerprint density at radius 2 is 1.82 bits per heavy atom. The Kier molecular flexibility index (Phi) is 6.90. The Morgan fingerprint density at radius 3 is 2.41 bits per heavy atom. The molecule has 0 bridgehead atoms. The maximum atomic E-state index is 5.41. The summed E-state index contributed by atoms with van der Waals surface area (Å²) < 4.78 is 5.41. The van der Waals surface area contributed by atoms with Gasteiger partial charge in [0.15, 0.2) is 0 Å². The van der Waals surface area contributed by atoms with Crippen molar-refractivity contribution in [1.29, 1.82) is 0 Å². The van der Waals surface area contributed by atoms with E-state index < -0.39 is 0 Å². The topological polar surface area (TPSA) is 21.3 Å². The molecule has 0 saturated heterocycles. The van der Waals surface area contributed by atoms with Crippen LogP contribution in [0.2, 0.25) is 0 Å². The van der Waals surface area contributed by atoms with Gasteiger partial charge in [-0.25, -0.2) is 0 Å². The van der Waals surface area contributed by atoms with Crippen LogP contribution in [-0.2, 0) is 11.3 Å². The molecule has 2 heteroatoms. The molecule has 0 amide bonds. The first-order chi connectivity index (χ1) is 8.24. The summed E-state index contributed by atoms with van der Waals surface area (Å²) in [5, 5.41) is 3.38. The molecule has 0 saturated carbocycles. The highest BCUT2D eigenvalue weighted by Crippen LogP contribution is 2.14. The van der Waals surface area contributed by atoms with Crippen LogP contribution in [0.4, 0.5) is 0 Å². The lowest BCUT2D eigenvalue weighted by atomic mass is 10.0. The van der Waals surface area contributed by atoms with Crippen molar-refractivity contribution >= 4 is 0 Å². The summed E-state index contributed by atoms with van der Waals surface area (Å²) in [6.07, 6.45) is 1.09. The van der Waals surface area contributed by atoms with Gasteiger partial charge in [0.1, 0.15) is 0 Å². The second-order valence-electron chi connectivity index (χ2n) is 4.69. The van der Waals surface area contributed by atoms with Crippen LogP contribution in [0.1, 0.15) is 44.2 Å². The highest BCUT2D eigenvalue weighted by molar-refractivity contribution is 5.24. The smallest absolute Gasteiger partial charge is 0.0591 e. The van der Waals surface area contributed by atoms with Crippen LogP contribution in [0.25, 0.3) is 0 Å². The second-order valence-corrected chi connectivity index (χ2v) is 4.69. The largest absolute Gasteiger partial charge is 0.380 e. The molecule has 0 heterocycles. The predicted octanol–water partition coefficient (Wildman–Crippen LogP) is 3.33. The van der Waals surface area contributed by atoms with Crippen molar-refractivity contribution in [2.75, 3.05) is 19.8 Å². The number of rotatable bonds is 8. The molecule has 0 unspecified atom stereocenters. The van der Waals surface area contributed by atoms with Gasteiger partial charge in [-0.15, -0.1) is 0 Å². The zero-order valence-electron chi connectivity index (χ0n) is 11.3. The van der Waals surface area contributed by atoms with E-state index in [0.29, 0.717) is 5.92 Å². The fourth-order valence-corrected chi connectivity index (χ4v) is 1.64. The lowest BCUT2D eigenvalue weighted by Gasteiger charge is -2.08. The zero-order valence-corrected chi connectivity index (χ0v) is 11.3. The molecule has 0 aliphatic rings. The van der Waals surface area contributed by atoms with E-state index >= 15 is 0 Å². The summed E-state index contributed by atoms with van der Waals surface area (Å²) in [4.78, 5) is 0. The minimum Gasteiger partial charge on any atom is -0.380 e. The van der Waals surface area contributed by atoms with E-state index in [1.54, 1.807) is 0 Å². The first kappa shape index (κ1) is 14.2. The number of ether oxygens (including phenoxy) is 1. The highest BCUT2D eigenvalue weighted by Gasteiger charge is 1.98. The molecular formula is C15H25NO. The minimum absolute atomic E-state index is 0.611. The molecule has 96 valence electrons. The third kappa shape index (κ3) is 5.85. The predicted molar refractivity (Wildman–Crippen MR) is 73.3 cm³/mol. The van der Waals surface area contributed by atoms with E-state index in [1.807, 2.05) is 0 Å². The van der Waals surface area contributed by atoms with Crippen molar-refractivity contribution < 1.29 is 4.74 Å². The van der Waals surface area contributed by atoms with Crippen LogP contribution in [0.5, 0.6) is 0 Å². The quantitative estimate of drug-likeness (QED) is 0.698. The van der Waals surface area contributed by atoms with E-state index in [9.17, 15) is 0 Å². The van der Waals surface area contributed by atoms with Crippen LogP contribution in [0.3, 0.4) is 0 Å². The fraction of sp³-hybridized carbons (Fsp3) is 0.600. The summed E-state index contributed by atoms with van der Waals surface area (Å²) in [6.45, 7) is 10.1. The molecule has 1 aromatic carbocycles. The molecule has 2 nitrogen and oxygen atoms in total. The van der Waals surface area contributed by atoms with E-state index in [4.69, 9.17) is 4.74 Å². The van der Waals surface area contributed by atoms with Crippen molar-refractivity contribution in [3.05, 3.63) is 35.4 Å². The zero-order chi connectivity index (χ0) is 12.5. The van der Waals surface area contributed by atoms with Crippen molar-refractivity contribution in [2.24, 2.45) is 0 Å². The molecule has 0 aliphatic heterocycles. The number of benzene rings is 1. The van der Waals surface area contributed by atoms with Crippen LogP contribution in [-0.4, -0.2) is 19.8 Å². The van der Waals surface area contributed by atoms with Gasteiger partial charge in [-0.3, -0.25) is 0 Å². The van der Waals surface area contributed by atoms with Gasteiger partial charge in [0.2, 0.25) is 0 Å². The molecule has 0 radical (unpaired) electrons. The van der Waals surface area contributed by atoms with Gasteiger partial charge in [-0.1, -0.05) is 45.0 Å². The SMILES string of the molecule is CCCOCCNCc1ccc(C(C)C)cc1. The summed E-state index contributed by atoms with van der Waals surface area (Å²) >= 11 is 0. The molecule has 0 spiro atoms. The van der Waals surface area contributed by atoms with Gasteiger partial charge >= 0.3 is 0 Å². The number of hydrogen-bond donors (Lipinski definition) is 1. The average molecular weight is 235 g/mol. The lowest BCUT2D eigenvalue weighted by Crippen LogP contribution is -2.19. The third-order valence-electron chi connectivity index (χ3n) is 2.75. The Bertz CT molecular complexity index is 292. The Balaban J connectivity index is 2.19. The van der Waals surface area contributed by atoms with Crippen LogP contribution < -0.4 is 5.32 Å². The standard InChI is InChI=1S/C15H25NO/c1-4-10-17-11-9-16-12-14-5-7-15(8-6-14)13(2)3/h5-8,13,16H,4,9-12H2,1-3H3. The molecule has 1 N–H and O–H groups in total. The number of nitrogens with one attached hydrogen (secondary N) is 1. The van der Waals surface area contributed by atoms with Gasteiger partial charge in [-0.05, 0) is 23.5 Å². The summed E-state index contributed by atoms with van der Waals surface area (Å²) in [6, 6.07) is 8.84. The molecule has 0 aliphatic carbocycles. The molecule has 0 atom stereocenters. The van der Waals surface area contributed by atoms with Gasteiger partial charge in [0.25, 0.3) is 0 Å². The van der Waals surface area contributed by atoms with Crippen molar-refractivity contribution in [3.8, 4) is 0 Å². The first-order valence-electron chi connectivity index (χ1n) is 6.61. The molecule has 0 aromatic heterocycles. The van der Waals surface area contributed by atoms with Crippen LogP contribution >= 0.6 is 0 Å². The maximum Gasteiger partial charge on any atom is 0.0591 e. The highest BCUT2D eigenvalue weighted by atomic mass is 16.5. The average Bonchev–Trinajstić information content (AvgIpc) is 2.34. The molecule has 1 aromatic rings. The Morgan fingerprint density at radius 1 is 1.12 bits per heavy atom. The van der Waals surface area contributed by atoms with E-state index in [2.05, 4.69) is 50.4 Å². The van der Waals surface area contributed by atoms with E-state index in [-0.39, 0.29) is 0 Å². The van der Waals surface area contributed by atoms with Crippen LogP contribution in [0.15, 0.2) is 24.3 Å². The van der Waals surface area contributed by atoms with Gasteiger partial charge in [-0.2, -0.15) is 0 Å². The normalized spacial score (nSPS) is 11.1. The monoisotopic (exact) mass is 235 g/mol. The van der Waals surface area contributed by atoms with Gasteiger partial charge < -0.3 is 10.1 Å². The summed E-state index contributed by atoms with van der Waals surface area (Å²) in [7, 11) is 0. The summed E-state index contributed by atoms with van der Waals surface area (Å²) in [5.41, 5.74) is 2.74. The first-order valence-corrected chi connectivity index (χ1v) is 6.61. The Labute approximate surface area is 105 Å². The van der Waals surface area contributed by atoms with E-state index in [1.165, 1.54) is 11.1 Å². The third-order valence-corrected chi connectivity index (χ3v) is 2.75. The van der Waals surface area contributed by atoms with Gasteiger partial charge in [0.05, 0.1) is 6.61 Å². The summed E-state index contributed by atoms with van der Waals surface area (Å²) in [5.74, 6) is 0.611. The Hall–Kier alpha value is -0.860. The van der Waals surface area contributed by atoms with Crippen LogP contribution in [0, 0.1) is 0 Å². The van der Waals surface area contributed by atoms with Crippen molar-refractivity contribution in [2.45, 2.75) is 39.7 Å². The van der Waals surface area contributed by atoms with Crippen molar-refractivity contribution in [1.82, 2.24) is 5.32 Å². The maximum absolute atomic E-state index is 5.41. The fourth-order valence-electron chi connectivity index (χ4n) is 1.64. The molecular weight excluding hydrogens is 210 g/mol. The van der Waals surface area contributed by atoms with Crippen molar-refractivity contribution in [3.63, 3.8) is 0 Å². The van der Waals surface area contributed by atoms with E-state index in [0.717, 1.165) is 32.7 Å². The molecule has 17 heavy (non-hydrogen) atoms. The lowest BCUT2D eigenvalue weighted by molar-refractivity contribution is 0.136. The minimum atomic E-state index is 0.611. The number of hydrogen-bond acceptors (Lipinski definition) is 2. The second kappa shape index (κ2) is 8.26. The molecule has 0 fully saturated rings.